The van der Waals surface area contributed by atoms with E-state index in [2.05, 4.69) is 41.3 Å². The van der Waals surface area contributed by atoms with Crippen LogP contribution in [-0.4, -0.2) is 48.5 Å². The molecule has 20 heavy (non-hydrogen) atoms. The molecule has 1 heterocycles. The number of anilines is 1. The predicted molar refractivity (Wildman–Crippen MR) is 83.1 cm³/mol. The van der Waals surface area contributed by atoms with Crippen LogP contribution < -0.4 is 10.6 Å². The summed E-state index contributed by atoms with van der Waals surface area (Å²) in [7, 11) is 4.01. The summed E-state index contributed by atoms with van der Waals surface area (Å²) in [4.78, 5) is 18.5. The van der Waals surface area contributed by atoms with Crippen molar-refractivity contribution in [3.8, 4) is 0 Å². The maximum absolute atomic E-state index is 12.3. The highest BCUT2D eigenvalue weighted by Gasteiger charge is 2.22. The number of carbonyl (C=O) groups excluding carboxylic acids is 1. The molecule has 0 radical (unpaired) electrons. The topological polar surface area (TPSA) is 57.3 Å². The van der Waals surface area contributed by atoms with Gasteiger partial charge in [-0.2, -0.15) is 0 Å². The van der Waals surface area contributed by atoms with Crippen LogP contribution in [0.15, 0.2) is 18.5 Å². The lowest BCUT2D eigenvalue weighted by molar-refractivity contribution is 0.0920. The predicted octanol–water partition coefficient (Wildman–Crippen LogP) is 1.97. The molecule has 112 valence electrons. The molecule has 0 fully saturated rings. The van der Waals surface area contributed by atoms with Gasteiger partial charge in [-0.3, -0.25) is 9.78 Å². The molecule has 0 aromatic carbocycles. The van der Waals surface area contributed by atoms with E-state index in [1.807, 2.05) is 14.1 Å². The number of rotatable bonds is 7. The van der Waals surface area contributed by atoms with Gasteiger partial charge in [0.15, 0.2) is 0 Å². The van der Waals surface area contributed by atoms with Gasteiger partial charge in [0.05, 0.1) is 17.4 Å². The summed E-state index contributed by atoms with van der Waals surface area (Å²) in [5, 5.41) is 6.22. The van der Waals surface area contributed by atoms with E-state index in [4.69, 9.17) is 0 Å². The summed E-state index contributed by atoms with van der Waals surface area (Å²) in [6.07, 6.45) is 4.34. The molecule has 0 bridgehead atoms. The number of hydrogen-bond donors (Lipinski definition) is 2. The fraction of sp³-hybridized carbons (Fsp3) is 0.600. The molecular weight excluding hydrogens is 252 g/mol. The Bertz CT molecular complexity index is 443. The largest absolute Gasteiger partial charge is 0.383 e. The van der Waals surface area contributed by atoms with Crippen LogP contribution in [0.5, 0.6) is 0 Å². The fourth-order valence-corrected chi connectivity index (χ4v) is 1.54. The minimum atomic E-state index is -0.0836. The fourth-order valence-electron chi connectivity index (χ4n) is 1.54. The smallest absolute Gasteiger partial charge is 0.253 e. The van der Waals surface area contributed by atoms with Gasteiger partial charge in [-0.1, -0.05) is 6.92 Å². The minimum absolute atomic E-state index is 0.0686. The molecule has 0 spiro atoms. The molecule has 2 N–H and O–H groups in total. The highest BCUT2D eigenvalue weighted by Crippen LogP contribution is 2.14. The number of amides is 1. The van der Waals surface area contributed by atoms with Gasteiger partial charge in [0, 0.05) is 24.8 Å². The first kappa shape index (κ1) is 16.4. The van der Waals surface area contributed by atoms with Crippen molar-refractivity contribution in [1.29, 1.82) is 0 Å². The van der Waals surface area contributed by atoms with E-state index in [-0.39, 0.29) is 11.4 Å². The average molecular weight is 278 g/mol. The molecular formula is C15H26N4O. The Balaban J connectivity index is 2.72. The highest BCUT2D eigenvalue weighted by atomic mass is 16.1. The third-order valence-corrected chi connectivity index (χ3v) is 3.52. The van der Waals surface area contributed by atoms with Crippen molar-refractivity contribution in [2.75, 3.05) is 32.5 Å². The Morgan fingerprint density at radius 2 is 2.10 bits per heavy atom. The molecule has 0 unspecified atom stereocenters. The molecule has 1 aromatic rings. The second kappa shape index (κ2) is 7.24. The number of nitrogens with one attached hydrogen (secondary N) is 2. The van der Waals surface area contributed by atoms with Crippen molar-refractivity contribution in [2.24, 2.45) is 0 Å². The molecule has 0 aliphatic carbocycles. The minimum Gasteiger partial charge on any atom is -0.383 e. The number of carbonyl (C=O) groups is 1. The summed E-state index contributed by atoms with van der Waals surface area (Å²) in [6.45, 7) is 7.69. The van der Waals surface area contributed by atoms with Crippen LogP contribution in [0, 0.1) is 0 Å². The summed E-state index contributed by atoms with van der Waals surface area (Å²) in [5.74, 6) is -0.0686. The van der Waals surface area contributed by atoms with Gasteiger partial charge in [0.1, 0.15) is 0 Å². The SMILES string of the molecule is CCCNc1cnccc1C(=O)NCC(C)(C)N(C)C. The van der Waals surface area contributed by atoms with Crippen LogP contribution in [0.3, 0.4) is 0 Å². The van der Waals surface area contributed by atoms with Crippen LogP contribution in [0.25, 0.3) is 0 Å². The lowest BCUT2D eigenvalue weighted by atomic mass is 10.0. The zero-order chi connectivity index (χ0) is 15.2. The summed E-state index contributed by atoms with van der Waals surface area (Å²) in [5.41, 5.74) is 1.34. The standard InChI is InChI=1S/C15H26N4O/c1-6-8-17-13-10-16-9-7-12(13)14(20)18-11-15(2,3)19(4)5/h7,9-10,17H,6,8,11H2,1-5H3,(H,18,20). The Kier molecular flexibility index (Phi) is 5.95. The third-order valence-electron chi connectivity index (χ3n) is 3.52. The van der Waals surface area contributed by atoms with Gasteiger partial charge in [-0.25, -0.2) is 0 Å². The van der Waals surface area contributed by atoms with Crippen molar-refractivity contribution in [3.63, 3.8) is 0 Å². The average Bonchev–Trinajstić information content (AvgIpc) is 2.42. The molecule has 1 rings (SSSR count). The lowest BCUT2D eigenvalue weighted by Crippen LogP contribution is -2.48. The highest BCUT2D eigenvalue weighted by molar-refractivity contribution is 5.99. The van der Waals surface area contributed by atoms with E-state index < -0.39 is 0 Å². The monoisotopic (exact) mass is 278 g/mol. The molecule has 0 saturated carbocycles. The Morgan fingerprint density at radius 1 is 1.40 bits per heavy atom. The van der Waals surface area contributed by atoms with Crippen molar-refractivity contribution in [2.45, 2.75) is 32.7 Å². The second-order valence-electron chi connectivity index (χ2n) is 5.74. The van der Waals surface area contributed by atoms with Gasteiger partial charge >= 0.3 is 0 Å². The second-order valence-corrected chi connectivity index (χ2v) is 5.74. The van der Waals surface area contributed by atoms with Crippen molar-refractivity contribution in [3.05, 3.63) is 24.0 Å². The van der Waals surface area contributed by atoms with Gasteiger partial charge in [0.2, 0.25) is 0 Å². The molecule has 0 aliphatic rings. The van der Waals surface area contributed by atoms with E-state index in [1.165, 1.54) is 0 Å². The first-order valence-electron chi connectivity index (χ1n) is 7.02. The van der Waals surface area contributed by atoms with Gasteiger partial charge in [-0.15, -0.1) is 0 Å². The maximum Gasteiger partial charge on any atom is 0.253 e. The van der Waals surface area contributed by atoms with E-state index >= 15 is 0 Å². The van der Waals surface area contributed by atoms with Crippen molar-refractivity contribution in [1.82, 2.24) is 15.2 Å². The summed E-state index contributed by atoms with van der Waals surface area (Å²) < 4.78 is 0. The zero-order valence-electron chi connectivity index (χ0n) is 13.2. The van der Waals surface area contributed by atoms with Crippen molar-refractivity contribution < 1.29 is 4.79 Å². The maximum atomic E-state index is 12.3. The van der Waals surface area contributed by atoms with E-state index in [0.29, 0.717) is 12.1 Å². The van der Waals surface area contributed by atoms with Gasteiger partial charge in [0.25, 0.3) is 5.91 Å². The zero-order valence-corrected chi connectivity index (χ0v) is 13.2. The number of likely N-dealkylation sites (N-methyl/N-ethyl adjacent to an activating group) is 1. The Labute approximate surface area is 121 Å². The van der Waals surface area contributed by atoms with Crippen LogP contribution in [0.4, 0.5) is 5.69 Å². The van der Waals surface area contributed by atoms with E-state index in [1.54, 1.807) is 18.5 Å². The van der Waals surface area contributed by atoms with Crippen molar-refractivity contribution >= 4 is 11.6 Å². The molecule has 0 atom stereocenters. The molecule has 0 aliphatic heterocycles. The Morgan fingerprint density at radius 3 is 2.70 bits per heavy atom. The first-order valence-corrected chi connectivity index (χ1v) is 7.02. The lowest BCUT2D eigenvalue weighted by Gasteiger charge is -2.32. The van der Waals surface area contributed by atoms with Crippen LogP contribution >= 0.6 is 0 Å². The Hall–Kier alpha value is -1.62. The molecule has 0 saturated heterocycles. The van der Waals surface area contributed by atoms with E-state index in [9.17, 15) is 4.79 Å². The normalized spacial score (nSPS) is 11.5. The van der Waals surface area contributed by atoms with E-state index in [0.717, 1.165) is 18.7 Å². The summed E-state index contributed by atoms with van der Waals surface area (Å²) in [6, 6.07) is 1.75. The first-order chi connectivity index (χ1) is 9.38. The van der Waals surface area contributed by atoms with Crippen LogP contribution in [0.2, 0.25) is 0 Å². The van der Waals surface area contributed by atoms with Gasteiger partial charge in [-0.05, 0) is 40.4 Å². The molecule has 1 amide bonds. The van der Waals surface area contributed by atoms with Crippen LogP contribution in [0.1, 0.15) is 37.6 Å². The molecule has 5 nitrogen and oxygen atoms in total. The summed E-state index contributed by atoms with van der Waals surface area (Å²) >= 11 is 0. The number of aromatic nitrogens is 1. The quantitative estimate of drug-likeness (QED) is 0.800. The van der Waals surface area contributed by atoms with Gasteiger partial charge < -0.3 is 15.5 Å². The number of hydrogen-bond acceptors (Lipinski definition) is 4. The molecule has 5 heteroatoms. The number of nitrogens with zero attached hydrogens (tertiary/aromatic N) is 2. The number of pyridine rings is 1. The van der Waals surface area contributed by atoms with Crippen LogP contribution in [-0.2, 0) is 0 Å². The third kappa shape index (κ3) is 4.49. The molecule has 1 aromatic heterocycles.